The Morgan fingerprint density at radius 1 is 1.17 bits per heavy atom. The van der Waals surface area contributed by atoms with Crippen molar-refractivity contribution in [2.24, 2.45) is 0 Å². The van der Waals surface area contributed by atoms with E-state index in [1.165, 1.54) is 17.4 Å². The van der Waals surface area contributed by atoms with Crippen molar-refractivity contribution in [1.29, 1.82) is 0 Å². The molecule has 0 aliphatic carbocycles. The molecule has 1 aliphatic heterocycles. The number of rotatable bonds is 2. The first kappa shape index (κ1) is 14.9. The molecule has 0 spiro atoms. The number of hydrogen-bond acceptors (Lipinski definition) is 3. The number of pyridine rings is 1. The lowest BCUT2D eigenvalue weighted by molar-refractivity contribution is 0.563. The van der Waals surface area contributed by atoms with Gasteiger partial charge in [-0.25, -0.2) is 9.37 Å². The topological polar surface area (TPSA) is 34.0 Å². The highest BCUT2D eigenvalue weighted by Crippen LogP contribution is 2.41. The smallest absolute Gasteiger partial charge is 0.165 e. The quantitative estimate of drug-likeness (QED) is 0.719. The summed E-state index contributed by atoms with van der Waals surface area (Å²) in [5.41, 5.74) is 5.06. The molecule has 0 unspecified atom stereocenters. The zero-order chi connectivity index (χ0) is 16.9. The molecule has 0 atom stereocenters. The minimum atomic E-state index is -0.364. The van der Waals surface area contributed by atoms with Gasteiger partial charge in [0.2, 0.25) is 0 Å². The number of nitrogens with zero attached hydrogens (tertiary/aromatic N) is 4. The van der Waals surface area contributed by atoms with Gasteiger partial charge in [-0.05, 0) is 17.7 Å². The van der Waals surface area contributed by atoms with E-state index in [0.717, 1.165) is 17.8 Å². The number of likely N-dealkylation sites (N-methyl/N-ethyl adjacent to an activating group) is 1. The third-order valence-corrected chi connectivity index (χ3v) is 4.68. The van der Waals surface area contributed by atoms with E-state index in [2.05, 4.69) is 54.0 Å². The van der Waals surface area contributed by atoms with Crippen molar-refractivity contribution in [3.8, 4) is 16.9 Å². The summed E-state index contributed by atoms with van der Waals surface area (Å²) in [5.74, 6) is -0.364. The van der Waals surface area contributed by atoms with E-state index in [9.17, 15) is 4.39 Å². The average Bonchev–Trinajstić information content (AvgIpc) is 3.11. The Morgan fingerprint density at radius 3 is 2.79 bits per heavy atom. The third kappa shape index (κ3) is 2.28. The highest BCUT2D eigenvalue weighted by atomic mass is 19.1. The molecule has 0 fully saturated rings. The van der Waals surface area contributed by atoms with E-state index in [-0.39, 0.29) is 11.2 Å². The molecule has 4 nitrogen and oxygen atoms in total. The van der Waals surface area contributed by atoms with Gasteiger partial charge in [-0.3, -0.25) is 4.98 Å². The zero-order valence-corrected chi connectivity index (χ0v) is 14.0. The predicted molar refractivity (Wildman–Crippen MR) is 93.0 cm³/mol. The molecule has 1 aromatic carbocycles. The molecule has 0 radical (unpaired) electrons. The Balaban J connectivity index is 1.74. The monoisotopic (exact) mass is 322 g/mol. The number of anilines is 1. The van der Waals surface area contributed by atoms with Crippen LogP contribution in [-0.4, -0.2) is 28.1 Å². The van der Waals surface area contributed by atoms with Gasteiger partial charge in [-0.15, -0.1) is 0 Å². The van der Waals surface area contributed by atoms with Crippen LogP contribution in [0.5, 0.6) is 0 Å². The number of imidazole rings is 1. The Labute approximate surface area is 140 Å². The van der Waals surface area contributed by atoms with E-state index in [4.69, 9.17) is 0 Å². The van der Waals surface area contributed by atoms with Crippen molar-refractivity contribution >= 4 is 5.69 Å². The second kappa shape index (κ2) is 5.16. The van der Waals surface area contributed by atoms with Gasteiger partial charge < -0.3 is 9.47 Å². The van der Waals surface area contributed by atoms with Crippen molar-refractivity contribution in [3.63, 3.8) is 0 Å². The van der Waals surface area contributed by atoms with E-state index < -0.39 is 0 Å². The van der Waals surface area contributed by atoms with Crippen LogP contribution < -0.4 is 4.90 Å². The van der Waals surface area contributed by atoms with Crippen molar-refractivity contribution in [2.75, 3.05) is 18.5 Å². The molecule has 2 aromatic heterocycles. The van der Waals surface area contributed by atoms with Crippen molar-refractivity contribution in [1.82, 2.24) is 14.5 Å². The lowest BCUT2D eigenvalue weighted by Gasteiger charge is -2.18. The van der Waals surface area contributed by atoms with Crippen LogP contribution in [0.2, 0.25) is 0 Å². The van der Waals surface area contributed by atoms with Crippen LogP contribution in [-0.2, 0) is 5.41 Å². The number of hydrogen-bond donors (Lipinski definition) is 0. The summed E-state index contributed by atoms with van der Waals surface area (Å²) < 4.78 is 15.6. The molecular formula is C19H19FN4. The number of aromatic nitrogens is 3. The SMILES string of the molecule is CN1CC(C)(C)c2ccc(-c3cn(-c4ccncc4F)cn3)cc21. The molecule has 4 rings (SSSR count). The van der Waals surface area contributed by atoms with Gasteiger partial charge in [0.05, 0.1) is 17.6 Å². The maximum absolute atomic E-state index is 13.9. The summed E-state index contributed by atoms with van der Waals surface area (Å²) in [5, 5.41) is 0. The first-order valence-corrected chi connectivity index (χ1v) is 7.96. The first-order chi connectivity index (χ1) is 11.5. The maximum Gasteiger partial charge on any atom is 0.165 e. The molecule has 5 heteroatoms. The molecule has 0 bridgehead atoms. The summed E-state index contributed by atoms with van der Waals surface area (Å²) in [4.78, 5) is 10.5. The fourth-order valence-corrected chi connectivity index (χ4v) is 3.52. The lowest BCUT2D eigenvalue weighted by atomic mass is 9.86. The van der Waals surface area contributed by atoms with Crippen LogP contribution in [0, 0.1) is 5.82 Å². The van der Waals surface area contributed by atoms with Gasteiger partial charge in [-0.2, -0.15) is 0 Å². The number of fused-ring (bicyclic) bond motifs is 1. The minimum Gasteiger partial charge on any atom is -0.373 e. The Bertz CT molecular complexity index is 913. The van der Waals surface area contributed by atoms with E-state index in [0.29, 0.717) is 5.69 Å². The van der Waals surface area contributed by atoms with Gasteiger partial charge in [-0.1, -0.05) is 26.0 Å². The molecule has 3 heterocycles. The Morgan fingerprint density at radius 2 is 2.00 bits per heavy atom. The van der Waals surface area contributed by atoms with E-state index in [1.807, 2.05) is 6.20 Å². The Hall–Kier alpha value is -2.69. The molecule has 122 valence electrons. The van der Waals surface area contributed by atoms with Gasteiger partial charge in [0, 0.05) is 42.7 Å². The van der Waals surface area contributed by atoms with Crippen LogP contribution in [0.15, 0.2) is 49.2 Å². The lowest BCUT2D eigenvalue weighted by Crippen LogP contribution is -2.24. The van der Waals surface area contributed by atoms with Crippen LogP contribution >= 0.6 is 0 Å². The summed E-state index contributed by atoms with van der Waals surface area (Å²) in [6.07, 6.45) is 6.26. The van der Waals surface area contributed by atoms with Crippen LogP contribution in [0.4, 0.5) is 10.1 Å². The third-order valence-electron chi connectivity index (χ3n) is 4.68. The molecule has 24 heavy (non-hydrogen) atoms. The minimum absolute atomic E-state index is 0.155. The normalized spacial score (nSPS) is 15.6. The molecule has 0 saturated heterocycles. The van der Waals surface area contributed by atoms with E-state index in [1.54, 1.807) is 23.2 Å². The highest BCUT2D eigenvalue weighted by Gasteiger charge is 2.33. The average molecular weight is 322 g/mol. The molecule has 0 saturated carbocycles. The van der Waals surface area contributed by atoms with Crippen molar-refractivity contribution < 1.29 is 4.39 Å². The maximum atomic E-state index is 13.9. The molecule has 0 amide bonds. The van der Waals surface area contributed by atoms with Gasteiger partial charge >= 0.3 is 0 Å². The molecule has 3 aromatic rings. The molecule has 1 aliphatic rings. The fraction of sp³-hybridized carbons (Fsp3) is 0.263. The first-order valence-electron chi connectivity index (χ1n) is 7.96. The van der Waals surface area contributed by atoms with Crippen LogP contribution in [0.1, 0.15) is 19.4 Å². The summed E-state index contributed by atoms with van der Waals surface area (Å²) >= 11 is 0. The predicted octanol–water partition coefficient (Wildman–Crippen LogP) is 3.80. The largest absolute Gasteiger partial charge is 0.373 e. The second-order valence-corrected chi connectivity index (χ2v) is 6.97. The van der Waals surface area contributed by atoms with Crippen LogP contribution in [0.25, 0.3) is 16.9 Å². The van der Waals surface area contributed by atoms with Gasteiger partial charge in [0.15, 0.2) is 5.82 Å². The zero-order valence-electron chi connectivity index (χ0n) is 14.0. The highest BCUT2D eigenvalue weighted by molar-refractivity contribution is 5.71. The van der Waals surface area contributed by atoms with Crippen molar-refractivity contribution in [2.45, 2.75) is 19.3 Å². The number of benzene rings is 1. The summed E-state index contributed by atoms with van der Waals surface area (Å²) in [7, 11) is 2.11. The van der Waals surface area contributed by atoms with Crippen LogP contribution in [0.3, 0.4) is 0 Å². The Kier molecular flexibility index (Phi) is 3.20. The van der Waals surface area contributed by atoms with E-state index >= 15 is 0 Å². The second-order valence-electron chi connectivity index (χ2n) is 6.97. The summed E-state index contributed by atoms with van der Waals surface area (Å²) in [6, 6.07) is 8.08. The molecule has 0 N–H and O–H groups in total. The van der Waals surface area contributed by atoms with Gasteiger partial charge in [0.1, 0.15) is 6.33 Å². The van der Waals surface area contributed by atoms with Gasteiger partial charge in [0.25, 0.3) is 0 Å². The fourth-order valence-electron chi connectivity index (χ4n) is 3.52. The standard InChI is InChI=1S/C19H19FN4/c1-19(2)11-23(3)18-8-13(4-5-14(18)19)16-10-24(12-22-16)17-6-7-21-9-15(17)20/h4-10,12H,11H2,1-3H3. The molecular weight excluding hydrogens is 303 g/mol. The number of halogens is 1. The van der Waals surface area contributed by atoms with Crippen molar-refractivity contribution in [3.05, 3.63) is 60.6 Å². The summed E-state index contributed by atoms with van der Waals surface area (Å²) in [6.45, 7) is 5.52.